The SMILES string of the molecule is O=C(CCCCN1C(=O)C=CC1=O)c1ccc(CC2C#CCCCCC2)cc1. The summed E-state index contributed by atoms with van der Waals surface area (Å²) < 4.78 is 0. The van der Waals surface area contributed by atoms with Gasteiger partial charge in [-0.1, -0.05) is 43.0 Å². The van der Waals surface area contributed by atoms with Crippen LogP contribution in [-0.2, 0) is 16.0 Å². The fourth-order valence-corrected chi connectivity index (χ4v) is 3.69. The quantitative estimate of drug-likeness (QED) is 0.297. The van der Waals surface area contributed by atoms with Crippen LogP contribution in [0.4, 0.5) is 0 Å². The van der Waals surface area contributed by atoms with Crippen molar-refractivity contribution in [3.8, 4) is 11.8 Å². The van der Waals surface area contributed by atoms with Crippen LogP contribution < -0.4 is 0 Å². The third kappa shape index (κ3) is 5.66. The van der Waals surface area contributed by atoms with Crippen LogP contribution in [0.1, 0.15) is 67.3 Å². The van der Waals surface area contributed by atoms with E-state index >= 15 is 0 Å². The first kappa shape index (κ1) is 20.1. The molecule has 2 amide bonds. The number of rotatable bonds is 8. The lowest BCUT2D eigenvalue weighted by Gasteiger charge is -2.13. The number of hydrogen-bond acceptors (Lipinski definition) is 3. The molecule has 1 heterocycles. The van der Waals surface area contributed by atoms with E-state index in [9.17, 15) is 14.4 Å². The number of Topliss-reactive ketones (excluding diaryl/α,β-unsaturated/α-hetero) is 1. The second-order valence-corrected chi connectivity index (χ2v) is 7.56. The van der Waals surface area contributed by atoms with Crippen LogP contribution in [-0.4, -0.2) is 29.0 Å². The van der Waals surface area contributed by atoms with E-state index in [2.05, 4.69) is 11.8 Å². The van der Waals surface area contributed by atoms with Gasteiger partial charge in [0.1, 0.15) is 0 Å². The van der Waals surface area contributed by atoms with Crippen molar-refractivity contribution in [1.29, 1.82) is 0 Å². The first-order chi connectivity index (χ1) is 13.6. The predicted molar refractivity (Wildman–Crippen MR) is 109 cm³/mol. The molecule has 3 rings (SSSR count). The van der Waals surface area contributed by atoms with Crippen molar-refractivity contribution in [2.45, 2.75) is 57.8 Å². The highest BCUT2D eigenvalue weighted by atomic mass is 16.2. The third-order valence-electron chi connectivity index (χ3n) is 5.35. The van der Waals surface area contributed by atoms with Crippen molar-refractivity contribution in [1.82, 2.24) is 4.90 Å². The molecule has 1 aromatic rings. The molecule has 0 radical (unpaired) electrons. The zero-order valence-corrected chi connectivity index (χ0v) is 16.3. The Bertz CT molecular complexity index is 792. The largest absolute Gasteiger partial charge is 0.294 e. The molecule has 0 aromatic heterocycles. The van der Waals surface area contributed by atoms with Crippen molar-refractivity contribution < 1.29 is 14.4 Å². The molecule has 0 saturated heterocycles. The number of carbonyl (C=O) groups is 3. The molecule has 4 nitrogen and oxygen atoms in total. The number of ketones is 1. The minimum absolute atomic E-state index is 0.106. The average molecular weight is 377 g/mol. The maximum absolute atomic E-state index is 12.4. The van der Waals surface area contributed by atoms with Gasteiger partial charge in [-0.3, -0.25) is 19.3 Å². The minimum atomic E-state index is -0.263. The van der Waals surface area contributed by atoms with Gasteiger partial charge in [-0.15, -0.1) is 5.92 Å². The Morgan fingerprint density at radius 1 is 1.00 bits per heavy atom. The molecule has 1 atom stereocenters. The molecular weight excluding hydrogens is 350 g/mol. The fraction of sp³-hybridized carbons (Fsp3) is 0.458. The van der Waals surface area contributed by atoms with Crippen LogP contribution in [0.2, 0.25) is 0 Å². The molecular formula is C24H27NO3. The second-order valence-electron chi connectivity index (χ2n) is 7.56. The summed E-state index contributed by atoms with van der Waals surface area (Å²) in [6, 6.07) is 7.90. The number of amides is 2. The highest BCUT2D eigenvalue weighted by Gasteiger charge is 2.22. The Kier molecular flexibility index (Phi) is 7.19. The van der Waals surface area contributed by atoms with Crippen LogP contribution in [0.3, 0.4) is 0 Å². The lowest BCUT2D eigenvalue weighted by atomic mass is 9.91. The van der Waals surface area contributed by atoms with E-state index in [1.165, 1.54) is 41.9 Å². The number of benzene rings is 1. The first-order valence-electron chi connectivity index (χ1n) is 10.3. The molecule has 1 aliphatic heterocycles. The average Bonchev–Trinajstić information content (AvgIpc) is 2.99. The maximum atomic E-state index is 12.4. The Balaban J connectivity index is 1.43. The van der Waals surface area contributed by atoms with E-state index in [-0.39, 0.29) is 17.6 Å². The normalized spacial score (nSPS) is 19.1. The van der Waals surface area contributed by atoms with Crippen molar-refractivity contribution in [3.05, 3.63) is 47.5 Å². The number of nitrogens with zero attached hydrogens (tertiary/aromatic N) is 1. The molecule has 2 aliphatic rings. The van der Waals surface area contributed by atoms with Crippen molar-refractivity contribution in [2.24, 2.45) is 5.92 Å². The summed E-state index contributed by atoms with van der Waals surface area (Å²) in [5, 5.41) is 0. The van der Waals surface area contributed by atoms with Crippen LogP contribution in [0.15, 0.2) is 36.4 Å². The lowest BCUT2D eigenvalue weighted by Crippen LogP contribution is -2.30. The van der Waals surface area contributed by atoms with E-state index in [0.717, 1.165) is 24.8 Å². The summed E-state index contributed by atoms with van der Waals surface area (Å²) in [6.07, 6.45) is 11.2. The van der Waals surface area contributed by atoms with E-state index in [4.69, 9.17) is 0 Å². The predicted octanol–water partition coefficient (Wildman–Crippen LogP) is 4.09. The van der Waals surface area contributed by atoms with E-state index < -0.39 is 0 Å². The summed E-state index contributed by atoms with van der Waals surface area (Å²) in [7, 11) is 0. The number of imide groups is 1. The Morgan fingerprint density at radius 2 is 1.75 bits per heavy atom. The highest BCUT2D eigenvalue weighted by Crippen LogP contribution is 2.19. The highest BCUT2D eigenvalue weighted by molar-refractivity contribution is 6.12. The molecule has 146 valence electrons. The van der Waals surface area contributed by atoms with Crippen LogP contribution >= 0.6 is 0 Å². The second kappa shape index (κ2) is 10.0. The van der Waals surface area contributed by atoms with Gasteiger partial charge in [-0.05, 0) is 37.7 Å². The zero-order chi connectivity index (χ0) is 19.8. The van der Waals surface area contributed by atoms with Gasteiger partial charge in [0.25, 0.3) is 11.8 Å². The summed E-state index contributed by atoms with van der Waals surface area (Å²) in [6.45, 7) is 0.374. The van der Waals surface area contributed by atoms with Gasteiger partial charge in [0.05, 0.1) is 0 Å². The Hall–Kier alpha value is -2.67. The van der Waals surface area contributed by atoms with Gasteiger partial charge >= 0.3 is 0 Å². The standard InChI is InChI=1S/C24H27NO3/c26-22(10-6-7-17-25-23(27)15-16-24(25)28)21-13-11-20(12-14-21)18-19-8-4-2-1-3-5-9-19/h11-16,19H,1-4,6-8,10,17-18H2. The minimum Gasteiger partial charge on any atom is -0.294 e. The smallest absolute Gasteiger partial charge is 0.253 e. The van der Waals surface area contributed by atoms with Crippen molar-refractivity contribution >= 4 is 17.6 Å². The molecule has 1 aliphatic carbocycles. The number of unbranched alkanes of at least 4 members (excludes halogenated alkanes) is 1. The van der Waals surface area contributed by atoms with Gasteiger partial charge in [-0.25, -0.2) is 0 Å². The van der Waals surface area contributed by atoms with Crippen LogP contribution in [0.5, 0.6) is 0 Å². The first-order valence-corrected chi connectivity index (χ1v) is 10.3. The van der Waals surface area contributed by atoms with E-state index in [1.807, 2.05) is 24.3 Å². The summed E-state index contributed by atoms with van der Waals surface area (Å²) in [4.78, 5) is 36.6. The summed E-state index contributed by atoms with van der Waals surface area (Å²) >= 11 is 0. The van der Waals surface area contributed by atoms with Gasteiger partial charge in [0.15, 0.2) is 5.78 Å². The molecule has 1 unspecified atom stereocenters. The number of carbonyl (C=O) groups excluding carboxylic acids is 3. The van der Waals surface area contributed by atoms with E-state index in [0.29, 0.717) is 31.7 Å². The monoisotopic (exact) mass is 377 g/mol. The third-order valence-corrected chi connectivity index (χ3v) is 5.35. The summed E-state index contributed by atoms with van der Waals surface area (Å²) in [5.41, 5.74) is 1.96. The molecule has 1 aromatic carbocycles. The van der Waals surface area contributed by atoms with Gasteiger partial charge in [0.2, 0.25) is 0 Å². The molecule has 0 spiro atoms. The molecule has 28 heavy (non-hydrogen) atoms. The number of hydrogen-bond donors (Lipinski definition) is 0. The van der Waals surface area contributed by atoms with Gasteiger partial charge in [0, 0.05) is 43.0 Å². The van der Waals surface area contributed by atoms with Gasteiger partial charge in [-0.2, -0.15) is 0 Å². The Morgan fingerprint density at radius 3 is 2.50 bits per heavy atom. The topological polar surface area (TPSA) is 54.5 Å². The Labute approximate surface area is 167 Å². The van der Waals surface area contributed by atoms with Crippen LogP contribution in [0, 0.1) is 17.8 Å². The summed E-state index contributed by atoms with van der Waals surface area (Å²) in [5.74, 6) is 6.69. The zero-order valence-electron chi connectivity index (χ0n) is 16.3. The van der Waals surface area contributed by atoms with Crippen molar-refractivity contribution in [2.75, 3.05) is 6.54 Å². The lowest BCUT2D eigenvalue weighted by molar-refractivity contribution is -0.136. The van der Waals surface area contributed by atoms with Gasteiger partial charge < -0.3 is 0 Å². The van der Waals surface area contributed by atoms with Crippen LogP contribution in [0.25, 0.3) is 0 Å². The molecule has 0 bridgehead atoms. The molecule has 0 saturated carbocycles. The molecule has 4 heteroatoms. The molecule has 0 N–H and O–H groups in total. The van der Waals surface area contributed by atoms with Crippen molar-refractivity contribution in [3.63, 3.8) is 0 Å². The van der Waals surface area contributed by atoms with E-state index in [1.54, 1.807) is 0 Å². The molecule has 0 fully saturated rings. The fourth-order valence-electron chi connectivity index (χ4n) is 3.69. The maximum Gasteiger partial charge on any atom is 0.253 e.